The molecule has 1 fully saturated rings. The zero-order chi connectivity index (χ0) is 14.9. The molecule has 5 heteroatoms. The van der Waals surface area contributed by atoms with Gasteiger partial charge in [-0.25, -0.2) is 0 Å². The first-order valence-electron chi connectivity index (χ1n) is 6.90. The fourth-order valence-electron chi connectivity index (χ4n) is 1.95. The molecule has 0 saturated heterocycles. The molecule has 1 aliphatic rings. The number of hydrogen-bond acceptors (Lipinski definition) is 2. The number of carbonyl (C=O) groups excluding carboxylic acids is 1. The van der Waals surface area contributed by atoms with Crippen molar-refractivity contribution in [2.24, 2.45) is 10.3 Å². The largest absolute Gasteiger partial charge is 0.398 e. The quantitative estimate of drug-likeness (QED) is 0.855. The highest BCUT2D eigenvalue weighted by atomic mass is 35.5. The van der Waals surface area contributed by atoms with E-state index in [0.29, 0.717) is 21.5 Å². The summed E-state index contributed by atoms with van der Waals surface area (Å²) in [6.45, 7) is 6.09. The van der Waals surface area contributed by atoms with Crippen LogP contribution in [0.3, 0.4) is 0 Å². The maximum atomic E-state index is 12.4. The number of halogens is 1. The minimum absolute atomic E-state index is 0.219. The third-order valence-corrected chi connectivity index (χ3v) is 5.95. The predicted octanol–water partition coefficient (Wildman–Crippen LogP) is 3.99. The summed E-state index contributed by atoms with van der Waals surface area (Å²) < 4.78 is 4.42. The highest BCUT2D eigenvalue weighted by molar-refractivity contribution is 7.88. The van der Waals surface area contributed by atoms with Gasteiger partial charge in [0.05, 0.1) is 5.56 Å². The van der Waals surface area contributed by atoms with Gasteiger partial charge < -0.3 is 5.73 Å². The Kier molecular flexibility index (Phi) is 4.86. The van der Waals surface area contributed by atoms with Gasteiger partial charge >= 0.3 is 0 Å². The average molecular weight is 313 g/mol. The second-order valence-electron chi connectivity index (χ2n) is 5.64. The van der Waals surface area contributed by atoms with Gasteiger partial charge in [-0.15, -0.1) is 0 Å². The van der Waals surface area contributed by atoms with E-state index in [0.717, 1.165) is 17.2 Å². The van der Waals surface area contributed by atoms with E-state index in [4.69, 9.17) is 17.3 Å². The van der Waals surface area contributed by atoms with E-state index >= 15 is 0 Å². The fraction of sp³-hybridized carbons (Fsp3) is 0.533. The molecule has 3 nitrogen and oxygen atoms in total. The Morgan fingerprint density at radius 3 is 2.70 bits per heavy atom. The van der Waals surface area contributed by atoms with Crippen molar-refractivity contribution in [1.82, 2.24) is 0 Å². The van der Waals surface area contributed by atoms with Crippen LogP contribution >= 0.6 is 11.6 Å². The monoisotopic (exact) mass is 312 g/mol. The Morgan fingerprint density at radius 2 is 2.15 bits per heavy atom. The summed E-state index contributed by atoms with van der Waals surface area (Å²) >= 11 is 6.01. The van der Waals surface area contributed by atoms with E-state index in [2.05, 4.69) is 18.2 Å². The molecule has 20 heavy (non-hydrogen) atoms. The molecule has 1 atom stereocenters. The second-order valence-corrected chi connectivity index (χ2v) is 8.34. The van der Waals surface area contributed by atoms with Crippen LogP contribution in [0, 0.1) is 12.8 Å². The summed E-state index contributed by atoms with van der Waals surface area (Å²) in [7, 11) is -0.219. The minimum Gasteiger partial charge on any atom is -0.398 e. The van der Waals surface area contributed by atoms with Crippen LogP contribution < -0.4 is 5.73 Å². The van der Waals surface area contributed by atoms with Crippen molar-refractivity contribution in [1.29, 1.82) is 0 Å². The number of nitrogen functional groups attached to an aromatic ring is 1. The molecule has 1 aliphatic carbocycles. The number of amides is 1. The Morgan fingerprint density at radius 1 is 1.50 bits per heavy atom. The van der Waals surface area contributed by atoms with Crippen LogP contribution in [0.15, 0.2) is 16.5 Å². The number of benzene rings is 1. The third kappa shape index (κ3) is 3.83. The molecule has 1 aromatic carbocycles. The first-order valence-corrected chi connectivity index (χ1v) is 8.69. The number of nitrogens with zero attached hydrogens (tertiary/aromatic N) is 1. The summed E-state index contributed by atoms with van der Waals surface area (Å²) in [6.07, 6.45) is 2.55. The van der Waals surface area contributed by atoms with Gasteiger partial charge in [0.2, 0.25) is 0 Å². The number of rotatable bonds is 4. The van der Waals surface area contributed by atoms with Crippen molar-refractivity contribution in [3.05, 3.63) is 28.3 Å². The van der Waals surface area contributed by atoms with E-state index in [1.54, 1.807) is 12.1 Å². The number of nitrogens with two attached hydrogens (primary N) is 1. The van der Waals surface area contributed by atoms with Crippen molar-refractivity contribution in [3.8, 4) is 0 Å². The Bertz CT molecular complexity index is 565. The van der Waals surface area contributed by atoms with Gasteiger partial charge in [-0.05, 0) is 43.4 Å². The maximum absolute atomic E-state index is 12.4. The Hall–Kier alpha value is -0.870. The second kappa shape index (κ2) is 6.27. The molecule has 0 aliphatic heterocycles. The van der Waals surface area contributed by atoms with Crippen LogP contribution in [0.5, 0.6) is 0 Å². The zero-order valence-corrected chi connectivity index (χ0v) is 13.7. The van der Waals surface area contributed by atoms with Crippen molar-refractivity contribution in [3.63, 3.8) is 0 Å². The number of aryl methyl sites for hydroxylation is 1. The molecular weight excluding hydrogens is 292 g/mol. The lowest BCUT2D eigenvalue weighted by molar-refractivity contribution is 0.101. The first-order chi connectivity index (χ1) is 9.38. The molecule has 0 spiro atoms. The standard InChI is InChI=1S/C15H21ClN2OS/c1-9(2)20(8-11-4-5-11)18-15(19)13-7-12(16)6-10(3)14(13)17/h6-7,9,11H,4-5,8,17H2,1-3H3. The van der Waals surface area contributed by atoms with Crippen molar-refractivity contribution >= 4 is 33.9 Å². The van der Waals surface area contributed by atoms with Gasteiger partial charge in [-0.3, -0.25) is 4.79 Å². The van der Waals surface area contributed by atoms with Gasteiger partial charge in [0, 0.05) is 21.7 Å². The zero-order valence-electron chi connectivity index (χ0n) is 12.1. The van der Waals surface area contributed by atoms with Crippen LogP contribution in [0.1, 0.15) is 42.6 Å². The van der Waals surface area contributed by atoms with E-state index in [1.807, 2.05) is 6.92 Å². The molecular formula is C15H21ClN2OS. The van der Waals surface area contributed by atoms with Gasteiger partial charge in [-0.2, -0.15) is 4.36 Å². The highest BCUT2D eigenvalue weighted by Crippen LogP contribution is 2.31. The lowest BCUT2D eigenvalue weighted by Crippen LogP contribution is -2.14. The molecule has 1 unspecified atom stereocenters. The summed E-state index contributed by atoms with van der Waals surface area (Å²) in [4.78, 5) is 12.4. The van der Waals surface area contributed by atoms with E-state index in [-0.39, 0.29) is 16.6 Å². The Labute approximate surface area is 128 Å². The minimum atomic E-state index is -0.231. The first kappa shape index (κ1) is 15.5. The van der Waals surface area contributed by atoms with Crippen molar-refractivity contribution in [2.45, 2.75) is 38.9 Å². The van der Waals surface area contributed by atoms with Gasteiger partial charge in [0.25, 0.3) is 5.91 Å². The fourth-order valence-corrected chi connectivity index (χ4v) is 4.02. The van der Waals surface area contributed by atoms with Gasteiger partial charge in [-0.1, -0.05) is 36.1 Å². The summed E-state index contributed by atoms with van der Waals surface area (Å²) in [5.74, 6) is 1.56. The Balaban J connectivity index is 2.29. The van der Waals surface area contributed by atoms with Crippen LogP contribution in [0.25, 0.3) is 0 Å². The number of anilines is 1. The molecule has 2 N–H and O–H groups in total. The van der Waals surface area contributed by atoms with Crippen molar-refractivity contribution < 1.29 is 4.79 Å². The third-order valence-electron chi connectivity index (χ3n) is 3.43. The van der Waals surface area contributed by atoms with Crippen LogP contribution in [0.2, 0.25) is 5.02 Å². The topological polar surface area (TPSA) is 55.5 Å². The lowest BCUT2D eigenvalue weighted by atomic mass is 10.1. The average Bonchev–Trinajstić information content (AvgIpc) is 3.16. The van der Waals surface area contributed by atoms with Crippen LogP contribution in [0.4, 0.5) is 5.69 Å². The van der Waals surface area contributed by atoms with Crippen molar-refractivity contribution in [2.75, 3.05) is 11.5 Å². The molecule has 110 valence electrons. The molecule has 2 rings (SSSR count). The van der Waals surface area contributed by atoms with Crippen LogP contribution in [-0.4, -0.2) is 16.9 Å². The number of carbonyl (C=O) groups is 1. The van der Waals surface area contributed by atoms with Gasteiger partial charge in [0.1, 0.15) is 0 Å². The van der Waals surface area contributed by atoms with Gasteiger partial charge in [0.15, 0.2) is 0 Å². The lowest BCUT2D eigenvalue weighted by Gasteiger charge is -2.12. The SMILES string of the molecule is Cc1cc(Cl)cc(C(=O)N=S(CC2CC2)C(C)C)c1N. The summed E-state index contributed by atoms with van der Waals surface area (Å²) in [5.41, 5.74) is 7.73. The maximum Gasteiger partial charge on any atom is 0.285 e. The summed E-state index contributed by atoms with van der Waals surface area (Å²) in [5, 5.41) is 0.919. The molecule has 0 radical (unpaired) electrons. The number of hydrogen-bond donors (Lipinski definition) is 1. The molecule has 0 bridgehead atoms. The molecule has 0 heterocycles. The van der Waals surface area contributed by atoms with E-state index in [1.165, 1.54) is 12.8 Å². The normalized spacial score (nSPS) is 16.6. The van der Waals surface area contributed by atoms with E-state index < -0.39 is 0 Å². The summed E-state index contributed by atoms with van der Waals surface area (Å²) in [6, 6.07) is 3.38. The molecule has 0 aromatic heterocycles. The highest BCUT2D eigenvalue weighted by Gasteiger charge is 2.24. The smallest absolute Gasteiger partial charge is 0.285 e. The van der Waals surface area contributed by atoms with E-state index in [9.17, 15) is 4.79 Å². The van der Waals surface area contributed by atoms with Crippen LogP contribution in [-0.2, 0) is 10.7 Å². The molecule has 1 aromatic rings. The molecule has 1 saturated carbocycles. The predicted molar refractivity (Wildman–Crippen MR) is 87.5 cm³/mol. The molecule has 1 amide bonds.